The van der Waals surface area contributed by atoms with Gasteiger partial charge in [-0.05, 0) is 65.6 Å². The fourth-order valence-corrected chi connectivity index (χ4v) is 4200. The summed E-state index contributed by atoms with van der Waals surface area (Å²) in [6, 6.07) is -0.217. The van der Waals surface area contributed by atoms with Crippen molar-refractivity contribution in [1.82, 2.24) is 14.5 Å². The van der Waals surface area contributed by atoms with Crippen LogP contribution in [0.2, 0.25) is 18.1 Å². The number of rotatable bonds is 23. The second kappa shape index (κ2) is 45.4. The van der Waals surface area contributed by atoms with Gasteiger partial charge < -0.3 is 15.3 Å². The van der Waals surface area contributed by atoms with Crippen molar-refractivity contribution in [2.45, 2.75) is 115 Å². The van der Waals surface area contributed by atoms with E-state index in [-0.39, 0.29) is 28.0 Å². The van der Waals surface area contributed by atoms with Crippen LogP contribution in [0.3, 0.4) is 0 Å². The zero-order chi connectivity index (χ0) is 52.5. The van der Waals surface area contributed by atoms with Crippen LogP contribution in [0.5, 0.6) is 0 Å². The van der Waals surface area contributed by atoms with Crippen molar-refractivity contribution < 1.29 is 13.7 Å². The van der Waals surface area contributed by atoms with Crippen LogP contribution in [0.4, 0.5) is 0 Å². The molecule has 35 heteroatoms. The van der Waals surface area contributed by atoms with Crippen LogP contribution >= 0.6 is 355 Å². The van der Waals surface area contributed by atoms with Gasteiger partial charge in [0.15, 0.2) is 8.32 Å². The van der Waals surface area contributed by atoms with Gasteiger partial charge in [-0.15, -0.1) is 13.2 Å². The summed E-state index contributed by atoms with van der Waals surface area (Å²) in [5.41, 5.74) is 8.35. The molecule has 420 valence electrons. The van der Waals surface area contributed by atoms with E-state index in [4.69, 9.17) is 10.2 Å². The number of hydrogen-bond acceptors (Lipinski definition) is 6. The van der Waals surface area contributed by atoms with Gasteiger partial charge in [-0.25, -0.2) is 8.93 Å². The third-order valence-electron chi connectivity index (χ3n) is 9.22. The third-order valence-corrected chi connectivity index (χ3v) is 1830. The zero-order valence-electron chi connectivity index (χ0n) is 37.7. The summed E-state index contributed by atoms with van der Waals surface area (Å²) in [5.74, 6) is 0. The molecule has 0 bridgehead atoms. The first-order valence-electron chi connectivity index (χ1n) is 18.7. The summed E-state index contributed by atoms with van der Waals surface area (Å²) >= 11 is 43.5. The first-order chi connectivity index (χ1) is 30.6. The Morgan fingerprint density at radius 3 is 1.28 bits per heavy atom. The van der Waals surface area contributed by atoms with Crippen LogP contribution < -0.4 is 10.5 Å². The van der Waals surface area contributed by atoms with E-state index < -0.39 is 120 Å². The summed E-state index contributed by atoms with van der Waals surface area (Å²) in [6.07, 6.45) is 9.74. The molecule has 5 atom stereocenters. The normalized spacial score (nSPS) is 20.1. The monoisotopic (exact) mass is 3910 g/mol. The average molecular weight is 3910 g/mol. The van der Waals surface area contributed by atoms with Crippen LogP contribution in [-0.2, 0) is 15.4 Å². The number of aliphatic hydroxyl groups is 1. The predicted molar refractivity (Wildman–Crippen MR) is 545 cm³/mol. The molecule has 0 radical (unpaired) electrons. The summed E-state index contributed by atoms with van der Waals surface area (Å²) < 4.78 is 22.6. The molecule has 4 N–H and O–H groups in total. The molecule has 2 rings (SSSR count). The topological polar surface area (TPSA) is 91.1 Å². The van der Waals surface area contributed by atoms with Gasteiger partial charge in [0.1, 0.15) is 0 Å². The second-order valence-corrected chi connectivity index (χ2v) is 608. The molecular formula is C32H62I26N4O3SSi. The van der Waals surface area contributed by atoms with Crippen molar-refractivity contribution >= 4 is 375 Å². The molecular weight excluding hydrogens is 3850 g/mol. The first-order valence-corrected chi connectivity index (χ1v) is 180. The van der Waals surface area contributed by atoms with Crippen LogP contribution in [0.25, 0.3) is 0 Å². The molecule has 0 spiro atoms. The quantitative estimate of drug-likeness (QED) is 0.0536. The molecule has 0 fully saturated rings. The van der Waals surface area contributed by atoms with Gasteiger partial charge in [0.05, 0.1) is 40.0 Å². The Morgan fingerprint density at radius 1 is 0.701 bits per heavy atom. The fraction of sp³-hybridized carbons (Fsp3) is 0.750. The second-order valence-electron chi connectivity index (χ2n) is 15.9. The number of nitrogens with two attached hydrogens (primary N) is 1. The van der Waals surface area contributed by atoms with Gasteiger partial charge in [0.2, 0.25) is 0 Å². The summed E-state index contributed by atoms with van der Waals surface area (Å²) in [5, 5.41) is 9.50. The Balaban J connectivity index is 0.00000102. The molecule has 2 aliphatic rings. The van der Waals surface area contributed by atoms with Crippen molar-refractivity contribution in [2.75, 3.05) is 39.3 Å². The molecule has 0 amide bonds. The van der Waals surface area contributed by atoms with Gasteiger partial charge in [-0.3, -0.25) is 9.80 Å². The molecule has 0 saturated heterocycles. The van der Waals surface area contributed by atoms with Gasteiger partial charge in [-0.1, -0.05) is 56.2 Å². The van der Waals surface area contributed by atoms with E-state index in [0.29, 0.717) is 0 Å². The van der Waals surface area contributed by atoms with Gasteiger partial charge in [-0.2, -0.15) is 0 Å². The number of hydrogen-bond donors (Lipinski definition) is 3. The Hall–Kier alpha value is 18.1. The summed E-state index contributed by atoms with van der Waals surface area (Å²) in [6.45, 7) is 34.5. The Kier molecular flexibility index (Phi) is 57.6. The van der Waals surface area contributed by atoms with E-state index in [1.807, 2.05) is 32.9 Å². The third kappa shape index (κ3) is 34.5. The Morgan fingerprint density at radius 2 is 1.03 bits per heavy atom. The van der Waals surface area contributed by atoms with E-state index in [9.17, 15) is 9.32 Å². The van der Waals surface area contributed by atoms with Crippen LogP contribution in [0.15, 0.2) is 48.6 Å². The predicted octanol–water partition coefficient (Wildman–Crippen LogP) is 28.2. The number of nitrogens with zero attached hydrogens (tertiary/aromatic N) is 2. The SMILES string of the molecule is C=CCN1CC=C([C@@H](N)[C@@H](C)O)CC1.C=CCN1CC=C([C@@H](N[S@@](=O)C(C)(C)C)[C@@H](C)O[Si](C)(C)C(C)(C)C)CC1.II(I)I(I)I(I)I(I)I(I)I(I)I(I)I(I)I(I)I(I)I(I)I(I)I. The first kappa shape index (κ1) is 85.1. The molecule has 7 nitrogen and oxygen atoms in total. The Bertz CT molecular complexity index is 1520. The average Bonchev–Trinajstić information content (AvgIpc) is 3.25. The minimum absolute atomic E-state index is 0.0191. The number of nitrogens with one attached hydrogen (secondary N) is 1. The fourth-order valence-electron chi connectivity index (χ4n) is 4.83. The maximum absolute atomic E-state index is 12.9. The van der Waals surface area contributed by atoms with Crippen LogP contribution in [-0.4, -0.2) is 95.7 Å². The molecule has 0 unspecified atom stereocenters. The molecule has 67 heavy (non-hydrogen) atoms. The van der Waals surface area contributed by atoms with Crippen molar-refractivity contribution in [3.8, 4) is 0 Å². The van der Waals surface area contributed by atoms with Crippen molar-refractivity contribution in [2.24, 2.45) is 5.73 Å². The summed E-state index contributed by atoms with van der Waals surface area (Å²) in [7, 11) is -8.37. The van der Waals surface area contributed by atoms with Crippen molar-refractivity contribution in [1.29, 1.82) is 0 Å². The summed E-state index contributed by atoms with van der Waals surface area (Å²) in [4.78, 5) is 4.67. The molecule has 2 heterocycles. The van der Waals surface area contributed by atoms with E-state index in [2.05, 4.69) is 341 Å². The molecule has 2 aliphatic heterocycles. The molecule has 0 aromatic heterocycles. The maximum atomic E-state index is 12.9. The standard InChI is InChI=1S/C21H42N2O2SSi.C11H20N2O.I26/c1-11-14-23-15-12-18(13-16-23)19(22-26(24)20(3,4)5)17(2)25-27(9,10)21(6,7)8;1-3-6-13-7-4-10(5-8-13)11(12)9(2)14;1-15(2)17(5)19(7)21(9)23(11)25(13)26(14)24(12)22(10)20(8)18(6)16(3)4/h11-12,17,19,22H,1,13-16H2,2-10H3;3-4,9,11,14H,1,5-8,12H2,2H3;/t17-,19+,26+;9-,11+;/m11./s1. The van der Waals surface area contributed by atoms with Gasteiger partial charge in [0.25, 0.3) is 0 Å². The van der Waals surface area contributed by atoms with Crippen molar-refractivity contribution in [3.63, 3.8) is 0 Å². The molecule has 0 aromatic carbocycles. The van der Waals surface area contributed by atoms with E-state index in [1.165, 1.54) is 11.1 Å². The van der Waals surface area contributed by atoms with Gasteiger partial charge in [0, 0.05) is 39.3 Å². The van der Waals surface area contributed by atoms with E-state index in [1.54, 1.807) is 6.92 Å². The van der Waals surface area contributed by atoms with Crippen molar-refractivity contribution in [3.05, 3.63) is 48.6 Å². The zero-order valence-corrected chi connectivity index (χ0v) is 95.6. The Labute approximate surface area is 589 Å². The minimum atomic E-state index is -1.91. The van der Waals surface area contributed by atoms with Crippen LogP contribution in [0, 0.1) is 0 Å². The number of aliphatic hydroxyl groups excluding tert-OH is 1. The van der Waals surface area contributed by atoms with Gasteiger partial charge >= 0.3 is 355 Å². The molecule has 0 aliphatic carbocycles. The van der Waals surface area contributed by atoms with Crippen LogP contribution in [0.1, 0.15) is 68.2 Å². The molecule has 0 aromatic rings. The molecule has 0 saturated carbocycles. The number of halogens is 26. The van der Waals surface area contributed by atoms with E-state index >= 15 is 0 Å². The van der Waals surface area contributed by atoms with E-state index in [0.717, 1.165) is 52.1 Å².